The Morgan fingerprint density at radius 3 is 2.52 bits per heavy atom. The lowest BCUT2D eigenvalue weighted by Crippen LogP contribution is -2.56. The summed E-state index contributed by atoms with van der Waals surface area (Å²) >= 11 is 0. The Hall–Kier alpha value is -3.33. The zero-order chi connectivity index (χ0) is 22.6. The maximum absolute atomic E-state index is 13.8. The molecule has 31 heavy (non-hydrogen) atoms. The molecule has 2 atom stereocenters. The number of hydrogen-bond acceptors (Lipinski definition) is 5. The molecule has 0 saturated carbocycles. The SMILES string of the molecule is COC[C@@]1(C(=O)O)CC[C@H](c2ccc(OCc3ccccc3F)c(OC)c2)N1C(=O)O. The topological polar surface area (TPSA) is 106 Å². The Kier molecular flexibility index (Phi) is 6.65. The van der Waals surface area contributed by atoms with Crippen LogP contribution in [0.25, 0.3) is 0 Å². The Bertz CT molecular complexity index is 967. The highest BCUT2D eigenvalue weighted by Gasteiger charge is 2.55. The van der Waals surface area contributed by atoms with Gasteiger partial charge in [0.15, 0.2) is 17.0 Å². The molecule has 1 saturated heterocycles. The van der Waals surface area contributed by atoms with E-state index in [-0.39, 0.29) is 25.5 Å². The van der Waals surface area contributed by atoms with E-state index in [9.17, 15) is 24.2 Å². The van der Waals surface area contributed by atoms with Crippen molar-refractivity contribution in [2.45, 2.75) is 31.0 Å². The first kappa shape index (κ1) is 22.4. The van der Waals surface area contributed by atoms with Gasteiger partial charge in [0.1, 0.15) is 12.4 Å². The number of halogens is 1. The highest BCUT2D eigenvalue weighted by molar-refractivity contribution is 5.85. The van der Waals surface area contributed by atoms with Gasteiger partial charge in [-0.05, 0) is 36.6 Å². The molecule has 2 N–H and O–H groups in total. The molecule has 1 aliphatic rings. The molecule has 8 nitrogen and oxygen atoms in total. The van der Waals surface area contributed by atoms with Crippen molar-refractivity contribution in [3.05, 3.63) is 59.4 Å². The molecule has 3 rings (SSSR count). The minimum atomic E-state index is -1.67. The van der Waals surface area contributed by atoms with Crippen LogP contribution in [0.3, 0.4) is 0 Å². The minimum Gasteiger partial charge on any atom is -0.493 e. The van der Waals surface area contributed by atoms with E-state index in [2.05, 4.69) is 0 Å². The highest BCUT2D eigenvalue weighted by atomic mass is 19.1. The van der Waals surface area contributed by atoms with Gasteiger partial charge in [0.05, 0.1) is 19.8 Å². The van der Waals surface area contributed by atoms with Gasteiger partial charge in [-0.3, -0.25) is 4.90 Å². The van der Waals surface area contributed by atoms with E-state index in [0.717, 1.165) is 4.90 Å². The third-order valence-corrected chi connectivity index (χ3v) is 5.50. The van der Waals surface area contributed by atoms with Crippen molar-refractivity contribution in [3.63, 3.8) is 0 Å². The molecule has 0 aromatic heterocycles. The molecule has 0 radical (unpaired) electrons. The Morgan fingerprint density at radius 1 is 1.16 bits per heavy atom. The van der Waals surface area contributed by atoms with Crippen LogP contribution < -0.4 is 9.47 Å². The molecule has 2 aromatic rings. The number of amides is 1. The summed E-state index contributed by atoms with van der Waals surface area (Å²) in [6, 6.07) is 10.4. The second-order valence-electron chi connectivity index (χ2n) is 7.27. The molecule has 9 heteroatoms. The van der Waals surface area contributed by atoms with Crippen molar-refractivity contribution in [2.24, 2.45) is 0 Å². The fraction of sp³-hybridized carbons (Fsp3) is 0.364. The number of carboxylic acid groups (broad SMARTS) is 2. The summed E-state index contributed by atoms with van der Waals surface area (Å²) in [6.45, 7) is -0.269. The summed E-state index contributed by atoms with van der Waals surface area (Å²) in [5.74, 6) is -0.949. The van der Waals surface area contributed by atoms with Gasteiger partial charge in [-0.25, -0.2) is 14.0 Å². The summed E-state index contributed by atoms with van der Waals surface area (Å²) < 4.78 is 30.0. The number of carboxylic acids is 1. The monoisotopic (exact) mass is 433 g/mol. The number of hydrogen-bond donors (Lipinski definition) is 2. The molecule has 166 valence electrons. The summed E-state index contributed by atoms with van der Waals surface area (Å²) in [4.78, 5) is 24.9. The van der Waals surface area contributed by atoms with Crippen LogP contribution in [0.4, 0.5) is 9.18 Å². The van der Waals surface area contributed by atoms with Crippen LogP contribution in [0.2, 0.25) is 0 Å². The Labute approximate surface area is 178 Å². The van der Waals surface area contributed by atoms with Crippen molar-refractivity contribution in [3.8, 4) is 11.5 Å². The van der Waals surface area contributed by atoms with Gasteiger partial charge in [-0.2, -0.15) is 0 Å². The number of methoxy groups -OCH3 is 2. The molecule has 2 aromatic carbocycles. The molecule has 0 bridgehead atoms. The number of nitrogens with zero attached hydrogens (tertiary/aromatic N) is 1. The molecule has 1 heterocycles. The Morgan fingerprint density at radius 2 is 1.90 bits per heavy atom. The van der Waals surface area contributed by atoms with Crippen LogP contribution in [0.15, 0.2) is 42.5 Å². The van der Waals surface area contributed by atoms with Gasteiger partial charge in [0.25, 0.3) is 0 Å². The van der Waals surface area contributed by atoms with Gasteiger partial charge in [-0.1, -0.05) is 24.3 Å². The first-order chi connectivity index (χ1) is 14.8. The third kappa shape index (κ3) is 4.27. The number of rotatable bonds is 8. The molecule has 0 spiro atoms. The van der Waals surface area contributed by atoms with Crippen molar-refractivity contribution < 1.29 is 38.4 Å². The highest BCUT2D eigenvalue weighted by Crippen LogP contribution is 2.45. The average Bonchev–Trinajstić information content (AvgIpc) is 3.14. The van der Waals surface area contributed by atoms with Gasteiger partial charge >= 0.3 is 12.1 Å². The zero-order valence-corrected chi connectivity index (χ0v) is 17.2. The number of benzene rings is 2. The maximum atomic E-state index is 13.8. The van der Waals surface area contributed by atoms with Gasteiger partial charge < -0.3 is 24.4 Å². The van der Waals surface area contributed by atoms with Crippen molar-refractivity contribution >= 4 is 12.1 Å². The summed E-state index contributed by atoms with van der Waals surface area (Å²) in [5.41, 5.74) is -0.720. The molecule has 1 amide bonds. The predicted octanol–water partition coefficient (Wildman–Crippen LogP) is 3.70. The lowest BCUT2D eigenvalue weighted by atomic mass is 9.98. The number of likely N-dealkylation sites (tertiary alicyclic amines) is 1. The maximum Gasteiger partial charge on any atom is 0.408 e. The normalized spacial score (nSPS) is 20.5. The Balaban J connectivity index is 1.88. The van der Waals surface area contributed by atoms with Crippen molar-refractivity contribution in [1.82, 2.24) is 4.90 Å². The van der Waals surface area contributed by atoms with Crippen LogP contribution in [0.5, 0.6) is 11.5 Å². The summed E-state index contributed by atoms with van der Waals surface area (Å²) in [6.07, 6.45) is -0.928. The summed E-state index contributed by atoms with van der Waals surface area (Å²) in [7, 11) is 2.77. The quantitative estimate of drug-likeness (QED) is 0.654. The largest absolute Gasteiger partial charge is 0.493 e. The number of carbonyl (C=O) groups is 2. The van der Waals surface area contributed by atoms with E-state index in [1.807, 2.05) is 0 Å². The molecular weight excluding hydrogens is 409 g/mol. The van der Waals surface area contributed by atoms with E-state index < -0.39 is 23.6 Å². The fourth-order valence-electron chi connectivity index (χ4n) is 3.99. The zero-order valence-electron chi connectivity index (χ0n) is 17.2. The van der Waals surface area contributed by atoms with Crippen molar-refractivity contribution in [2.75, 3.05) is 20.8 Å². The molecule has 1 fully saturated rings. The van der Waals surface area contributed by atoms with Crippen LogP contribution in [-0.2, 0) is 16.1 Å². The average molecular weight is 433 g/mol. The van der Waals surface area contributed by atoms with Crippen LogP contribution in [0.1, 0.15) is 30.0 Å². The van der Waals surface area contributed by atoms with Gasteiger partial charge in [0, 0.05) is 12.7 Å². The lowest BCUT2D eigenvalue weighted by Gasteiger charge is -2.35. The van der Waals surface area contributed by atoms with E-state index >= 15 is 0 Å². The second kappa shape index (κ2) is 9.22. The molecule has 0 unspecified atom stereocenters. The predicted molar refractivity (Wildman–Crippen MR) is 108 cm³/mol. The third-order valence-electron chi connectivity index (χ3n) is 5.50. The number of ether oxygens (including phenoxy) is 3. The van der Waals surface area contributed by atoms with E-state index in [1.54, 1.807) is 36.4 Å². The molecule has 1 aliphatic heterocycles. The standard InChI is InChI=1S/C22H24FNO7/c1-29-13-22(20(25)26)10-9-17(24(22)21(27)28)14-7-8-18(19(11-14)30-2)31-12-15-5-3-4-6-16(15)23/h3-8,11,17H,9-10,12-13H2,1-2H3,(H,25,26)(H,27,28)/t17-,22-/m1/s1. The van der Waals surface area contributed by atoms with E-state index in [1.165, 1.54) is 20.3 Å². The van der Waals surface area contributed by atoms with Gasteiger partial charge in [0.2, 0.25) is 0 Å². The first-order valence-electron chi connectivity index (χ1n) is 9.62. The second-order valence-corrected chi connectivity index (χ2v) is 7.27. The van der Waals surface area contributed by atoms with Crippen LogP contribution >= 0.6 is 0 Å². The minimum absolute atomic E-state index is 0.0109. The summed E-state index contributed by atoms with van der Waals surface area (Å²) in [5, 5.41) is 19.6. The first-order valence-corrected chi connectivity index (χ1v) is 9.62. The van der Waals surface area contributed by atoms with Crippen LogP contribution in [0, 0.1) is 5.82 Å². The lowest BCUT2D eigenvalue weighted by molar-refractivity contribution is -0.152. The molecule has 0 aliphatic carbocycles. The van der Waals surface area contributed by atoms with E-state index in [0.29, 0.717) is 29.0 Å². The number of aliphatic carboxylic acids is 1. The van der Waals surface area contributed by atoms with E-state index in [4.69, 9.17) is 14.2 Å². The molecular formula is C22H24FNO7. The van der Waals surface area contributed by atoms with Crippen molar-refractivity contribution in [1.29, 1.82) is 0 Å². The fourth-order valence-corrected chi connectivity index (χ4v) is 3.99. The van der Waals surface area contributed by atoms with Crippen LogP contribution in [-0.4, -0.2) is 53.5 Å². The smallest absolute Gasteiger partial charge is 0.408 e. The van der Waals surface area contributed by atoms with Gasteiger partial charge in [-0.15, -0.1) is 0 Å².